The summed E-state index contributed by atoms with van der Waals surface area (Å²) in [5.41, 5.74) is 0. The lowest BCUT2D eigenvalue weighted by Gasteiger charge is -2.21. The highest BCUT2D eigenvalue weighted by Gasteiger charge is 2.26. The van der Waals surface area contributed by atoms with Gasteiger partial charge in [0.25, 0.3) is 0 Å². The van der Waals surface area contributed by atoms with Crippen molar-refractivity contribution in [1.29, 1.82) is 2.77 Å². The summed E-state index contributed by atoms with van der Waals surface area (Å²) in [4.78, 5) is 10.7. The van der Waals surface area contributed by atoms with Gasteiger partial charge in [0, 0.05) is 0 Å². The molecule has 0 aromatic carbocycles. The van der Waals surface area contributed by atoms with Gasteiger partial charge >= 0.3 is 5.97 Å². The summed E-state index contributed by atoms with van der Waals surface area (Å²) in [5, 5.41) is 15.5. The number of hydrogen-bond donors (Lipinski definition) is 4. The van der Waals surface area contributed by atoms with E-state index in [1.807, 2.05) is 0 Å². The smallest absolute Gasteiger partial charge is 0.323 e. The first-order valence-electron chi connectivity index (χ1n) is 5.45. The molecule has 8 heteroatoms. The second-order valence-corrected chi connectivity index (χ2v) is 3.77. The Bertz CT molecular complexity index is 238. The predicted molar refractivity (Wildman–Crippen MR) is 73.4 cm³/mol. The van der Waals surface area contributed by atoms with E-state index in [-0.39, 0.29) is 19.5 Å². The number of nitrogens with one attached hydrogen (secondary N) is 1. The lowest BCUT2D eigenvalue weighted by atomic mass is 10.2. The van der Waals surface area contributed by atoms with Gasteiger partial charge < -0.3 is 20.3 Å². The number of rotatable bonds is 8. The van der Waals surface area contributed by atoms with E-state index in [0.29, 0.717) is 0 Å². The molecule has 2 unspecified atom stereocenters. The van der Waals surface area contributed by atoms with Gasteiger partial charge in [-0.25, -0.2) is 12.5 Å². The molecule has 3 N–H and O–H groups in total. The molecule has 0 aromatic heterocycles. The quantitative estimate of drug-likeness (QED) is 0.203. The molecule has 0 saturated heterocycles. The van der Waals surface area contributed by atoms with Crippen LogP contribution in [-0.4, -0.2) is 57.6 Å². The Hall–Kier alpha value is -0.0651. The van der Waals surface area contributed by atoms with Crippen LogP contribution in [0.3, 0.4) is 0 Å². The van der Waals surface area contributed by atoms with Crippen LogP contribution in [0.1, 0.15) is 0 Å². The van der Waals surface area contributed by atoms with Crippen LogP contribution in [0.25, 0.3) is 0 Å². The largest absolute Gasteiger partial charge is 0.480 e. The van der Waals surface area contributed by atoms with Crippen molar-refractivity contribution in [2.24, 2.45) is 0 Å². The SMILES string of the molecule is [2H]B(P)S.[3H]OCC(OCC=C)[C@H](NC)C(=O)O. The van der Waals surface area contributed by atoms with Crippen LogP contribution in [0.4, 0.5) is 0 Å². The summed E-state index contributed by atoms with van der Waals surface area (Å²) in [6.07, 6.45) is 0.499. The van der Waals surface area contributed by atoms with Crippen LogP contribution in [0, 0.1) is 0 Å². The predicted octanol–water partition coefficient (Wildman–Crippen LogP) is -0.720. The highest BCUT2D eigenvalue weighted by Crippen LogP contribution is 1.99. The highest BCUT2D eigenvalue weighted by atomic mass is 32.1. The van der Waals surface area contributed by atoms with E-state index in [9.17, 15) is 4.79 Å². The zero-order valence-electron chi connectivity index (χ0n) is 11.1. The van der Waals surface area contributed by atoms with Crippen LogP contribution in [0.15, 0.2) is 12.7 Å². The van der Waals surface area contributed by atoms with Crippen molar-refractivity contribution in [3.05, 3.63) is 12.7 Å². The van der Waals surface area contributed by atoms with Crippen LogP contribution < -0.4 is 5.32 Å². The molecule has 0 radical (unpaired) electrons. The Labute approximate surface area is 107 Å². The molecule has 0 heterocycles. The molecule has 0 fully saturated rings. The summed E-state index contributed by atoms with van der Waals surface area (Å²) in [6.45, 7) is 3.56. The third-order valence-corrected chi connectivity index (χ3v) is 1.54. The Morgan fingerprint density at radius 2 is 2.62 bits per heavy atom. The molecule has 0 aliphatic rings. The van der Waals surface area contributed by atoms with Crippen molar-refractivity contribution in [3.63, 3.8) is 0 Å². The molecule has 0 saturated carbocycles. The fraction of sp³-hybridized carbons (Fsp3) is 0.625. The number of ether oxygens (including phenoxy) is 1. The summed E-state index contributed by atoms with van der Waals surface area (Å²) in [6, 6.07) is -0.889. The minimum absolute atomic E-state index is 0.106. The Morgan fingerprint density at radius 1 is 2.06 bits per heavy atom. The van der Waals surface area contributed by atoms with Gasteiger partial charge in [-0.1, -0.05) is 6.08 Å². The maximum Gasteiger partial charge on any atom is 0.323 e. The topological polar surface area (TPSA) is 78.8 Å². The van der Waals surface area contributed by atoms with E-state index >= 15 is 0 Å². The van der Waals surface area contributed by atoms with E-state index in [2.05, 4.69) is 38.6 Å². The summed E-state index contributed by atoms with van der Waals surface area (Å²) >= 11 is 3.60. The fourth-order valence-corrected chi connectivity index (χ4v) is 0.901. The minimum atomic E-state index is -1.04. The Kier molecular flexibility index (Phi) is 11.4. The second kappa shape index (κ2) is 13.0. The number of thiol groups is 1. The van der Waals surface area contributed by atoms with Crippen LogP contribution in [-0.2, 0) is 9.53 Å². The van der Waals surface area contributed by atoms with Gasteiger partial charge in [-0.05, 0) is 8.38 Å². The number of carbonyl (C=O) groups is 1. The third kappa shape index (κ3) is 9.18. The molecular formula is C8H19BNO4PS. The average Bonchev–Trinajstić information content (AvgIpc) is 2.25. The Balaban J connectivity index is 0. The van der Waals surface area contributed by atoms with Gasteiger partial charge in [0.05, 0.1) is 13.2 Å². The van der Waals surface area contributed by atoms with Gasteiger partial charge in [0.15, 0.2) is 0 Å². The van der Waals surface area contributed by atoms with Gasteiger partial charge in [-0.3, -0.25) is 4.79 Å². The number of aliphatic hydroxyl groups excluding tert-OH is 1. The van der Waals surface area contributed by atoms with E-state index in [1.54, 1.807) is 0 Å². The summed E-state index contributed by atoms with van der Waals surface area (Å²) in [7, 11) is 3.70. The molecule has 3 atom stereocenters. The Morgan fingerprint density at radius 3 is 2.94 bits per heavy atom. The maximum atomic E-state index is 10.7. The normalized spacial score (nSPS) is 14.7. The van der Waals surface area contributed by atoms with Crippen LogP contribution >= 0.6 is 21.6 Å². The lowest BCUT2D eigenvalue weighted by Crippen LogP contribution is -2.47. The highest BCUT2D eigenvalue weighted by molar-refractivity contribution is 8.20. The summed E-state index contributed by atoms with van der Waals surface area (Å²) in [5.74, 6) is -1.04. The minimum Gasteiger partial charge on any atom is -0.480 e. The molecule has 16 heavy (non-hydrogen) atoms. The molecule has 0 aliphatic carbocycles. The van der Waals surface area contributed by atoms with Crippen molar-refractivity contribution < 1.29 is 19.7 Å². The molecule has 0 aromatic rings. The van der Waals surface area contributed by atoms with Crippen molar-refractivity contribution in [1.82, 2.24) is 5.32 Å². The van der Waals surface area contributed by atoms with Gasteiger partial charge in [-0.15, -0.1) is 6.58 Å². The first-order chi connectivity index (χ1) is 8.40. The van der Waals surface area contributed by atoms with Crippen molar-refractivity contribution >= 4 is 33.8 Å². The zero-order valence-corrected chi connectivity index (χ0v) is 11.2. The molecule has 5 nitrogen and oxygen atoms in total. The molecule has 94 valence electrons. The zero-order chi connectivity index (χ0) is 14.6. The molecule has 0 aliphatic heterocycles. The molecular weight excluding hydrogens is 248 g/mol. The molecule has 0 spiro atoms. The number of hydrogen-bond acceptors (Lipinski definition) is 5. The monoisotopic (exact) mass is 270 g/mol. The number of likely N-dealkylation sites (N-methyl/N-ethyl adjacent to an activating group) is 1. The van der Waals surface area contributed by atoms with Crippen LogP contribution in [0.2, 0.25) is 0 Å². The fourth-order valence-electron chi connectivity index (χ4n) is 0.901. The van der Waals surface area contributed by atoms with Crippen molar-refractivity contribution in [2.75, 3.05) is 20.3 Å². The number of aliphatic hydroxyl groups is 1. The maximum absolute atomic E-state index is 10.7. The number of carboxylic acids is 1. The van der Waals surface area contributed by atoms with Crippen molar-refractivity contribution in [3.8, 4) is 0 Å². The van der Waals surface area contributed by atoms with Crippen molar-refractivity contribution in [2.45, 2.75) is 12.1 Å². The van der Waals surface area contributed by atoms with E-state index in [4.69, 9.17) is 12.6 Å². The first kappa shape index (κ1) is 14.0. The van der Waals surface area contributed by atoms with E-state index in [1.165, 1.54) is 13.1 Å². The van der Waals surface area contributed by atoms with Gasteiger partial charge in [0.2, 0.25) is 7.67 Å². The second-order valence-electron chi connectivity index (χ2n) is 2.58. The average molecular weight is 270 g/mol. The first-order valence-corrected chi connectivity index (χ1v) is 5.65. The van der Waals surface area contributed by atoms with Gasteiger partial charge in [-0.2, -0.15) is 9.12 Å². The van der Waals surface area contributed by atoms with E-state index in [0.717, 1.165) is 0 Å². The lowest BCUT2D eigenvalue weighted by molar-refractivity contribution is -0.144. The third-order valence-electron chi connectivity index (χ3n) is 1.54. The standard InChI is InChI=1S/C8H15NO4.BH4PS/c1-3-4-13-6(5-10)7(9-2)8(11)12;2-1-3/h3,6-7,9-10H,1,4-5H2,2H3,(H,11,12);1,3H,2H2/t6?,7-;/m0./s1/i10T;1D. The molecule has 0 amide bonds. The molecule has 0 bridgehead atoms. The number of carboxylic acid groups (broad SMARTS) is 1. The summed E-state index contributed by atoms with van der Waals surface area (Å²) < 4.78 is 18.1. The number of aliphatic carboxylic acids is 1. The van der Waals surface area contributed by atoms with Gasteiger partial charge in [0.1, 0.15) is 12.1 Å². The molecule has 0 rings (SSSR count). The van der Waals surface area contributed by atoms with Crippen LogP contribution in [0.5, 0.6) is 0 Å². The van der Waals surface area contributed by atoms with E-state index < -0.39 is 18.1 Å².